The Bertz CT molecular complexity index is 378. The third-order valence-corrected chi connectivity index (χ3v) is 3.34. The summed E-state index contributed by atoms with van der Waals surface area (Å²) < 4.78 is 5.59. The van der Waals surface area contributed by atoms with E-state index in [1.54, 1.807) is 0 Å². The minimum absolute atomic E-state index is 0.725. The van der Waals surface area contributed by atoms with Gasteiger partial charge in [0, 0.05) is 32.2 Å². The lowest BCUT2D eigenvalue weighted by Gasteiger charge is -2.38. The van der Waals surface area contributed by atoms with Crippen molar-refractivity contribution in [2.24, 2.45) is 0 Å². The van der Waals surface area contributed by atoms with E-state index in [0.717, 1.165) is 38.5 Å². The molecule has 0 spiro atoms. The van der Waals surface area contributed by atoms with Gasteiger partial charge in [0.25, 0.3) is 0 Å². The zero-order valence-corrected chi connectivity index (χ0v) is 11.1. The Kier molecular flexibility index (Phi) is 3.77. The smallest absolute Gasteiger partial charge is 0.121 e. The molecule has 2 rings (SSSR count). The van der Waals surface area contributed by atoms with Gasteiger partial charge in [-0.05, 0) is 32.9 Å². The Labute approximate surface area is 104 Å². The molecule has 0 aromatic heterocycles. The SMILES string of the molecule is CCOc1ccc2c(c1)N(CC)CCN2CC. The summed E-state index contributed by atoms with van der Waals surface area (Å²) in [5, 5.41) is 0. The lowest BCUT2D eigenvalue weighted by atomic mass is 10.1. The number of nitrogens with zero attached hydrogens (tertiary/aromatic N) is 2. The summed E-state index contributed by atoms with van der Waals surface area (Å²) in [6, 6.07) is 6.43. The van der Waals surface area contributed by atoms with E-state index in [-0.39, 0.29) is 0 Å². The third-order valence-electron chi connectivity index (χ3n) is 3.34. The molecular weight excluding hydrogens is 212 g/mol. The molecule has 0 bridgehead atoms. The van der Waals surface area contributed by atoms with Gasteiger partial charge in [-0.1, -0.05) is 0 Å². The lowest BCUT2D eigenvalue weighted by molar-refractivity contribution is 0.340. The monoisotopic (exact) mass is 234 g/mol. The van der Waals surface area contributed by atoms with Gasteiger partial charge in [0.15, 0.2) is 0 Å². The van der Waals surface area contributed by atoms with E-state index < -0.39 is 0 Å². The Morgan fingerprint density at radius 3 is 2.24 bits per heavy atom. The Morgan fingerprint density at radius 1 is 1.00 bits per heavy atom. The standard InChI is InChI=1S/C14H22N2O/c1-4-15-9-10-16(5-2)14-11-12(17-6-3)7-8-13(14)15/h7-8,11H,4-6,9-10H2,1-3H3. The molecule has 0 amide bonds. The molecule has 1 aliphatic heterocycles. The molecule has 3 nitrogen and oxygen atoms in total. The van der Waals surface area contributed by atoms with Gasteiger partial charge >= 0.3 is 0 Å². The summed E-state index contributed by atoms with van der Waals surface area (Å²) in [7, 11) is 0. The normalized spacial score (nSPS) is 14.8. The van der Waals surface area contributed by atoms with E-state index in [4.69, 9.17) is 4.74 Å². The van der Waals surface area contributed by atoms with Crippen LogP contribution in [0.5, 0.6) is 5.75 Å². The zero-order chi connectivity index (χ0) is 12.3. The van der Waals surface area contributed by atoms with Crippen LogP contribution in [0, 0.1) is 0 Å². The maximum absolute atomic E-state index is 5.59. The summed E-state index contributed by atoms with van der Waals surface area (Å²) >= 11 is 0. The number of hydrogen-bond acceptors (Lipinski definition) is 3. The van der Waals surface area contributed by atoms with Crippen molar-refractivity contribution in [2.45, 2.75) is 20.8 Å². The molecular formula is C14H22N2O. The van der Waals surface area contributed by atoms with Crippen LogP contribution in [0.25, 0.3) is 0 Å². The van der Waals surface area contributed by atoms with Gasteiger partial charge < -0.3 is 14.5 Å². The molecule has 1 aromatic rings. The van der Waals surface area contributed by atoms with Crippen LogP contribution in [-0.2, 0) is 0 Å². The Balaban J connectivity index is 2.36. The van der Waals surface area contributed by atoms with Gasteiger partial charge in [-0.25, -0.2) is 0 Å². The van der Waals surface area contributed by atoms with Crippen LogP contribution < -0.4 is 14.5 Å². The number of likely N-dealkylation sites (N-methyl/N-ethyl adjacent to an activating group) is 2. The van der Waals surface area contributed by atoms with Crippen LogP contribution in [0.4, 0.5) is 11.4 Å². The molecule has 0 unspecified atom stereocenters. The molecule has 94 valence electrons. The second-order valence-corrected chi connectivity index (χ2v) is 4.24. The molecule has 0 atom stereocenters. The van der Waals surface area contributed by atoms with Crippen LogP contribution in [0.2, 0.25) is 0 Å². The van der Waals surface area contributed by atoms with E-state index in [1.165, 1.54) is 11.4 Å². The van der Waals surface area contributed by atoms with Crippen molar-refractivity contribution in [3.8, 4) is 5.75 Å². The van der Waals surface area contributed by atoms with Gasteiger partial charge in [-0.3, -0.25) is 0 Å². The molecule has 3 heteroatoms. The number of fused-ring (bicyclic) bond motifs is 1. The van der Waals surface area contributed by atoms with Crippen LogP contribution in [-0.4, -0.2) is 32.8 Å². The first kappa shape index (κ1) is 12.1. The van der Waals surface area contributed by atoms with E-state index in [9.17, 15) is 0 Å². The first-order chi connectivity index (χ1) is 8.30. The van der Waals surface area contributed by atoms with Gasteiger partial charge in [-0.2, -0.15) is 0 Å². The topological polar surface area (TPSA) is 15.7 Å². The molecule has 0 fully saturated rings. The molecule has 17 heavy (non-hydrogen) atoms. The van der Waals surface area contributed by atoms with Crippen molar-refractivity contribution >= 4 is 11.4 Å². The second kappa shape index (κ2) is 5.30. The highest BCUT2D eigenvalue weighted by Crippen LogP contribution is 2.35. The van der Waals surface area contributed by atoms with E-state index in [2.05, 4.69) is 41.8 Å². The highest BCUT2D eigenvalue weighted by Gasteiger charge is 2.20. The molecule has 0 saturated heterocycles. The number of hydrogen-bond donors (Lipinski definition) is 0. The summed E-state index contributed by atoms with van der Waals surface area (Å²) in [5.74, 6) is 0.975. The minimum atomic E-state index is 0.725. The van der Waals surface area contributed by atoms with Gasteiger partial charge in [0.05, 0.1) is 18.0 Å². The predicted octanol–water partition coefficient (Wildman–Crippen LogP) is 2.75. The average Bonchev–Trinajstić information content (AvgIpc) is 2.37. The number of rotatable bonds is 4. The number of anilines is 2. The summed E-state index contributed by atoms with van der Waals surface area (Å²) in [6.45, 7) is 11.5. The predicted molar refractivity (Wildman–Crippen MR) is 73.4 cm³/mol. The van der Waals surface area contributed by atoms with Gasteiger partial charge in [-0.15, -0.1) is 0 Å². The average molecular weight is 234 g/mol. The number of ether oxygens (including phenoxy) is 1. The maximum Gasteiger partial charge on any atom is 0.121 e. The highest BCUT2D eigenvalue weighted by molar-refractivity contribution is 5.75. The van der Waals surface area contributed by atoms with Gasteiger partial charge in [0.2, 0.25) is 0 Å². The van der Waals surface area contributed by atoms with Crippen molar-refractivity contribution in [3.05, 3.63) is 18.2 Å². The second-order valence-electron chi connectivity index (χ2n) is 4.24. The van der Waals surface area contributed by atoms with E-state index in [0.29, 0.717) is 0 Å². The van der Waals surface area contributed by atoms with Crippen molar-refractivity contribution in [1.29, 1.82) is 0 Å². The fraction of sp³-hybridized carbons (Fsp3) is 0.571. The van der Waals surface area contributed by atoms with E-state index in [1.807, 2.05) is 6.92 Å². The number of benzene rings is 1. The first-order valence-electron chi connectivity index (χ1n) is 6.56. The van der Waals surface area contributed by atoms with Gasteiger partial charge in [0.1, 0.15) is 5.75 Å². The van der Waals surface area contributed by atoms with Crippen molar-refractivity contribution in [2.75, 3.05) is 42.6 Å². The Hall–Kier alpha value is -1.38. The van der Waals surface area contributed by atoms with Crippen LogP contribution >= 0.6 is 0 Å². The van der Waals surface area contributed by atoms with Crippen molar-refractivity contribution < 1.29 is 4.74 Å². The molecule has 1 aliphatic rings. The van der Waals surface area contributed by atoms with Crippen LogP contribution in [0.15, 0.2) is 18.2 Å². The fourth-order valence-corrected chi connectivity index (χ4v) is 2.42. The van der Waals surface area contributed by atoms with Crippen LogP contribution in [0.3, 0.4) is 0 Å². The molecule has 0 saturated carbocycles. The molecule has 1 heterocycles. The first-order valence-corrected chi connectivity index (χ1v) is 6.56. The molecule has 0 N–H and O–H groups in total. The minimum Gasteiger partial charge on any atom is -0.494 e. The highest BCUT2D eigenvalue weighted by atomic mass is 16.5. The summed E-state index contributed by atoms with van der Waals surface area (Å²) in [4.78, 5) is 4.85. The van der Waals surface area contributed by atoms with Crippen molar-refractivity contribution in [3.63, 3.8) is 0 Å². The third kappa shape index (κ3) is 2.33. The van der Waals surface area contributed by atoms with E-state index >= 15 is 0 Å². The molecule has 1 aromatic carbocycles. The molecule has 0 aliphatic carbocycles. The fourth-order valence-electron chi connectivity index (χ4n) is 2.42. The summed E-state index contributed by atoms with van der Waals surface area (Å²) in [5.41, 5.74) is 2.65. The lowest BCUT2D eigenvalue weighted by Crippen LogP contribution is -2.40. The van der Waals surface area contributed by atoms with Crippen LogP contribution in [0.1, 0.15) is 20.8 Å². The Morgan fingerprint density at radius 2 is 1.65 bits per heavy atom. The molecule has 0 radical (unpaired) electrons. The maximum atomic E-state index is 5.59. The summed E-state index contributed by atoms with van der Waals surface area (Å²) in [6.07, 6.45) is 0. The largest absolute Gasteiger partial charge is 0.494 e. The van der Waals surface area contributed by atoms with Crippen molar-refractivity contribution in [1.82, 2.24) is 0 Å². The quantitative estimate of drug-likeness (QED) is 0.796. The zero-order valence-electron chi connectivity index (χ0n) is 11.1.